The zero-order chi connectivity index (χ0) is 12.9. The smallest absolute Gasteiger partial charge is 0.0366 e. The van der Waals surface area contributed by atoms with Crippen LogP contribution in [0.3, 0.4) is 0 Å². The fourth-order valence-corrected chi connectivity index (χ4v) is 3.59. The van der Waals surface area contributed by atoms with Crippen LogP contribution in [-0.2, 0) is 0 Å². The van der Waals surface area contributed by atoms with Gasteiger partial charge in [-0.3, -0.25) is 0 Å². The van der Waals surface area contributed by atoms with Crippen molar-refractivity contribution >= 4 is 17.4 Å². The predicted molar refractivity (Wildman–Crippen MR) is 84.8 cm³/mol. The van der Waals surface area contributed by atoms with Crippen LogP contribution in [-0.4, -0.2) is 13.1 Å². The van der Waals surface area contributed by atoms with Crippen LogP contribution in [0.1, 0.15) is 32.1 Å². The minimum atomic E-state index is 1.19. The van der Waals surface area contributed by atoms with Gasteiger partial charge in [0, 0.05) is 28.6 Å². The summed E-state index contributed by atoms with van der Waals surface area (Å²) in [5, 5.41) is 0. The summed E-state index contributed by atoms with van der Waals surface area (Å²) in [5.41, 5.74) is 1.39. The molecular formula is C17H21NS. The molecule has 2 heteroatoms. The lowest BCUT2D eigenvalue weighted by molar-refractivity contribution is 0.578. The molecule has 1 aliphatic heterocycles. The van der Waals surface area contributed by atoms with Crippen molar-refractivity contribution in [2.24, 2.45) is 0 Å². The number of piperidine rings is 1. The highest BCUT2D eigenvalue weighted by atomic mass is 32.2. The summed E-state index contributed by atoms with van der Waals surface area (Å²) in [5.74, 6) is 0. The summed E-state index contributed by atoms with van der Waals surface area (Å²) < 4.78 is 0. The minimum Gasteiger partial charge on any atom is -0.372 e. The van der Waals surface area contributed by atoms with Gasteiger partial charge in [0.2, 0.25) is 0 Å². The van der Waals surface area contributed by atoms with Gasteiger partial charge < -0.3 is 4.90 Å². The highest BCUT2D eigenvalue weighted by molar-refractivity contribution is 8.03. The van der Waals surface area contributed by atoms with Gasteiger partial charge in [-0.1, -0.05) is 30.0 Å². The maximum atomic E-state index is 2.51. The standard InChI is InChI=1S/C17H21NS/c1-3-7-16(8-4-1)19-17-11-9-15(10-12-17)18-13-5-2-6-14-18/h3,7-12H,1-2,4-6,13-14H2. The van der Waals surface area contributed by atoms with Crippen LogP contribution in [0.2, 0.25) is 0 Å². The molecule has 1 aromatic carbocycles. The normalized spacial score (nSPS) is 19.4. The van der Waals surface area contributed by atoms with E-state index in [-0.39, 0.29) is 0 Å². The van der Waals surface area contributed by atoms with Crippen molar-refractivity contribution in [3.8, 4) is 0 Å². The zero-order valence-electron chi connectivity index (χ0n) is 11.3. The van der Waals surface area contributed by atoms with E-state index in [0.717, 1.165) is 0 Å². The van der Waals surface area contributed by atoms with Crippen LogP contribution in [0.25, 0.3) is 0 Å². The fraction of sp³-hybridized carbons (Fsp3) is 0.412. The van der Waals surface area contributed by atoms with E-state index in [4.69, 9.17) is 0 Å². The number of rotatable bonds is 3. The Hall–Kier alpha value is -1.15. The molecule has 0 saturated carbocycles. The first kappa shape index (κ1) is 12.9. The van der Waals surface area contributed by atoms with Gasteiger partial charge in [-0.15, -0.1) is 0 Å². The summed E-state index contributed by atoms with van der Waals surface area (Å²) in [7, 11) is 0. The molecule has 1 saturated heterocycles. The van der Waals surface area contributed by atoms with Crippen molar-refractivity contribution in [1.29, 1.82) is 0 Å². The molecule has 1 aromatic rings. The Balaban J connectivity index is 1.65. The average molecular weight is 271 g/mol. The minimum absolute atomic E-state index is 1.19. The molecule has 0 atom stereocenters. The van der Waals surface area contributed by atoms with Gasteiger partial charge in [0.25, 0.3) is 0 Å². The van der Waals surface area contributed by atoms with Crippen molar-refractivity contribution in [3.63, 3.8) is 0 Å². The largest absolute Gasteiger partial charge is 0.372 e. The van der Waals surface area contributed by atoms with Gasteiger partial charge in [-0.05, 0) is 56.4 Å². The molecule has 0 aromatic heterocycles. The van der Waals surface area contributed by atoms with Gasteiger partial charge in [0.05, 0.1) is 0 Å². The molecule has 19 heavy (non-hydrogen) atoms. The van der Waals surface area contributed by atoms with E-state index in [1.54, 1.807) is 0 Å². The molecule has 0 N–H and O–H groups in total. The van der Waals surface area contributed by atoms with E-state index in [1.165, 1.54) is 60.7 Å². The number of hydrogen-bond acceptors (Lipinski definition) is 2. The molecule has 1 nitrogen and oxygen atoms in total. The third-order valence-electron chi connectivity index (χ3n) is 3.75. The number of anilines is 1. The summed E-state index contributed by atoms with van der Waals surface area (Å²) >= 11 is 1.88. The van der Waals surface area contributed by atoms with Crippen LogP contribution in [0, 0.1) is 0 Å². The van der Waals surface area contributed by atoms with Gasteiger partial charge in [0.1, 0.15) is 0 Å². The summed E-state index contributed by atoms with van der Waals surface area (Å²) in [4.78, 5) is 5.24. The Morgan fingerprint density at radius 1 is 0.895 bits per heavy atom. The first-order chi connectivity index (χ1) is 9.42. The molecule has 1 aliphatic carbocycles. The first-order valence-electron chi connectivity index (χ1n) is 7.31. The summed E-state index contributed by atoms with van der Waals surface area (Å²) in [6, 6.07) is 9.08. The lowest BCUT2D eigenvalue weighted by atomic mass is 10.1. The predicted octanol–water partition coefficient (Wildman–Crippen LogP) is 5.00. The Morgan fingerprint density at radius 3 is 2.37 bits per heavy atom. The van der Waals surface area contributed by atoms with Gasteiger partial charge in [-0.2, -0.15) is 0 Å². The number of benzene rings is 1. The molecule has 0 bridgehead atoms. The number of thioether (sulfide) groups is 1. The van der Waals surface area contributed by atoms with Crippen LogP contribution < -0.4 is 4.90 Å². The van der Waals surface area contributed by atoms with Crippen LogP contribution in [0.5, 0.6) is 0 Å². The Bertz CT molecular complexity index is 467. The number of hydrogen-bond donors (Lipinski definition) is 0. The maximum absolute atomic E-state index is 2.51. The zero-order valence-corrected chi connectivity index (χ0v) is 12.2. The molecule has 0 amide bonds. The van der Waals surface area contributed by atoms with Crippen LogP contribution in [0.4, 0.5) is 5.69 Å². The Morgan fingerprint density at radius 2 is 1.68 bits per heavy atom. The molecule has 3 rings (SSSR count). The third kappa shape index (κ3) is 3.44. The Kier molecular flexibility index (Phi) is 4.29. The second-order valence-electron chi connectivity index (χ2n) is 5.23. The molecule has 0 unspecified atom stereocenters. The van der Waals surface area contributed by atoms with Crippen molar-refractivity contribution in [2.75, 3.05) is 18.0 Å². The summed E-state index contributed by atoms with van der Waals surface area (Å²) in [6.45, 7) is 2.45. The number of allylic oxidation sites excluding steroid dienone is 3. The topological polar surface area (TPSA) is 3.24 Å². The van der Waals surface area contributed by atoms with E-state index in [0.29, 0.717) is 0 Å². The lowest BCUT2D eigenvalue weighted by Gasteiger charge is -2.28. The highest BCUT2D eigenvalue weighted by Gasteiger charge is 2.10. The van der Waals surface area contributed by atoms with Crippen molar-refractivity contribution < 1.29 is 0 Å². The maximum Gasteiger partial charge on any atom is 0.0366 e. The SMILES string of the molecule is C1=CC(Sc2ccc(N3CCCCC3)cc2)=CCC1. The van der Waals surface area contributed by atoms with E-state index in [1.807, 2.05) is 11.8 Å². The van der Waals surface area contributed by atoms with E-state index >= 15 is 0 Å². The molecular weight excluding hydrogens is 250 g/mol. The number of nitrogens with zero attached hydrogens (tertiary/aromatic N) is 1. The fourth-order valence-electron chi connectivity index (χ4n) is 2.68. The quantitative estimate of drug-likeness (QED) is 0.761. The van der Waals surface area contributed by atoms with E-state index in [2.05, 4.69) is 47.4 Å². The molecule has 0 radical (unpaired) electrons. The van der Waals surface area contributed by atoms with Crippen molar-refractivity contribution in [1.82, 2.24) is 0 Å². The second-order valence-corrected chi connectivity index (χ2v) is 6.38. The lowest BCUT2D eigenvalue weighted by Crippen LogP contribution is -2.29. The van der Waals surface area contributed by atoms with Crippen LogP contribution >= 0.6 is 11.8 Å². The van der Waals surface area contributed by atoms with E-state index in [9.17, 15) is 0 Å². The molecule has 100 valence electrons. The summed E-state index contributed by atoms with van der Waals surface area (Å²) in [6.07, 6.45) is 13.3. The van der Waals surface area contributed by atoms with Crippen molar-refractivity contribution in [3.05, 3.63) is 47.4 Å². The van der Waals surface area contributed by atoms with Crippen molar-refractivity contribution in [2.45, 2.75) is 37.0 Å². The third-order valence-corrected chi connectivity index (χ3v) is 4.80. The first-order valence-corrected chi connectivity index (χ1v) is 8.13. The Labute approximate surface area is 120 Å². The second kappa shape index (κ2) is 6.33. The van der Waals surface area contributed by atoms with E-state index < -0.39 is 0 Å². The van der Waals surface area contributed by atoms with Gasteiger partial charge in [0.15, 0.2) is 0 Å². The van der Waals surface area contributed by atoms with Gasteiger partial charge >= 0.3 is 0 Å². The van der Waals surface area contributed by atoms with Crippen LogP contribution in [0.15, 0.2) is 52.3 Å². The molecule has 1 fully saturated rings. The van der Waals surface area contributed by atoms with Gasteiger partial charge in [-0.25, -0.2) is 0 Å². The highest BCUT2D eigenvalue weighted by Crippen LogP contribution is 2.31. The molecule has 2 aliphatic rings. The monoisotopic (exact) mass is 271 g/mol. The molecule has 0 spiro atoms. The average Bonchev–Trinajstić information content (AvgIpc) is 2.50. The molecule has 1 heterocycles.